The van der Waals surface area contributed by atoms with E-state index >= 15 is 0 Å². The molecule has 0 bridgehead atoms. The molecule has 0 saturated carbocycles. The second-order valence-corrected chi connectivity index (χ2v) is 5.55. The Balaban J connectivity index is 1.56. The highest BCUT2D eigenvalue weighted by Crippen LogP contribution is 2.29. The zero-order valence-electron chi connectivity index (χ0n) is 12.5. The van der Waals surface area contributed by atoms with Crippen LogP contribution in [0.15, 0.2) is 21.0 Å². The molecule has 0 amide bonds. The lowest BCUT2D eigenvalue weighted by atomic mass is 10.1. The van der Waals surface area contributed by atoms with E-state index in [2.05, 4.69) is 15.1 Å². The van der Waals surface area contributed by atoms with Crippen molar-refractivity contribution >= 4 is 0 Å². The maximum absolute atomic E-state index is 5.90. The van der Waals surface area contributed by atoms with Gasteiger partial charge < -0.3 is 13.6 Å². The third kappa shape index (κ3) is 3.71. The van der Waals surface area contributed by atoms with Crippen LogP contribution in [0, 0.1) is 6.92 Å². The van der Waals surface area contributed by atoms with Gasteiger partial charge in [-0.15, -0.1) is 10.2 Å². The summed E-state index contributed by atoms with van der Waals surface area (Å²) in [7, 11) is 2.00. The highest BCUT2D eigenvalue weighted by atomic mass is 16.5. The first-order chi connectivity index (χ1) is 10.2. The number of aryl methyl sites for hydroxylation is 1. The molecule has 0 N–H and O–H groups in total. The van der Waals surface area contributed by atoms with Gasteiger partial charge >= 0.3 is 0 Å². The van der Waals surface area contributed by atoms with Crippen LogP contribution in [0.4, 0.5) is 0 Å². The lowest BCUT2D eigenvalue weighted by Crippen LogP contribution is -2.17. The summed E-state index contributed by atoms with van der Waals surface area (Å²) in [5.41, 5.74) is 0. The van der Waals surface area contributed by atoms with E-state index in [4.69, 9.17) is 13.6 Å². The van der Waals surface area contributed by atoms with Crippen LogP contribution in [0.5, 0.6) is 0 Å². The van der Waals surface area contributed by atoms with Crippen molar-refractivity contribution in [2.45, 2.75) is 45.4 Å². The quantitative estimate of drug-likeness (QED) is 0.844. The molecular weight excluding hydrogens is 270 g/mol. The topological polar surface area (TPSA) is 64.5 Å². The van der Waals surface area contributed by atoms with Crippen LogP contribution in [0.1, 0.15) is 48.7 Å². The van der Waals surface area contributed by atoms with E-state index in [9.17, 15) is 0 Å². The number of hydrogen-bond acceptors (Lipinski definition) is 6. The minimum absolute atomic E-state index is 0.122. The van der Waals surface area contributed by atoms with Gasteiger partial charge in [0.1, 0.15) is 17.6 Å². The van der Waals surface area contributed by atoms with Crippen molar-refractivity contribution in [3.8, 4) is 0 Å². The minimum Gasteiger partial charge on any atom is -0.462 e. The second kappa shape index (κ2) is 6.41. The van der Waals surface area contributed by atoms with Gasteiger partial charge in [0.05, 0.1) is 13.1 Å². The molecule has 1 saturated heterocycles. The van der Waals surface area contributed by atoms with Crippen molar-refractivity contribution in [2.75, 3.05) is 13.7 Å². The van der Waals surface area contributed by atoms with Crippen LogP contribution < -0.4 is 0 Å². The lowest BCUT2D eigenvalue weighted by molar-refractivity contribution is 0.000885. The zero-order chi connectivity index (χ0) is 14.7. The van der Waals surface area contributed by atoms with Crippen molar-refractivity contribution in [2.24, 2.45) is 0 Å². The Hall–Kier alpha value is -1.66. The molecule has 3 heterocycles. The first-order valence-electron chi connectivity index (χ1n) is 7.38. The summed E-state index contributed by atoms with van der Waals surface area (Å²) in [5.74, 6) is 3.08. The first-order valence-corrected chi connectivity index (χ1v) is 7.38. The van der Waals surface area contributed by atoms with Crippen LogP contribution in [0.2, 0.25) is 0 Å². The van der Waals surface area contributed by atoms with Gasteiger partial charge in [0.15, 0.2) is 0 Å². The fourth-order valence-corrected chi connectivity index (χ4v) is 2.57. The van der Waals surface area contributed by atoms with Gasteiger partial charge in [0.25, 0.3) is 0 Å². The van der Waals surface area contributed by atoms with Gasteiger partial charge in [0.2, 0.25) is 11.8 Å². The summed E-state index contributed by atoms with van der Waals surface area (Å²) in [6.45, 7) is 3.93. The predicted octanol–water partition coefficient (Wildman–Crippen LogP) is 2.84. The molecule has 0 aromatic carbocycles. The average molecular weight is 291 g/mol. The molecule has 1 aliphatic rings. The van der Waals surface area contributed by atoms with Crippen LogP contribution in [-0.4, -0.2) is 28.8 Å². The molecule has 1 aliphatic heterocycles. The normalized spacial score (nSPS) is 19.3. The van der Waals surface area contributed by atoms with E-state index in [0.717, 1.165) is 31.0 Å². The average Bonchev–Trinajstić information content (AvgIpc) is 3.09. The van der Waals surface area contributed by atoms with Crippen LogP contribution in [0.3, 0.4) is 0 Å². The zero-order valence-corrected chi connectivity index (χ0v) is 12.5. The van der Waals surface area contributed by atoms with E-state index < -0.39 is 0 Å². The maximum atomic E-state index is 5.90. The van der Waals surface area contributed by atoms with Crippen molar-refractivity contribution < 1.29 is 13.6 Å². The number of rotatable bonds is 5. The Labute approximate surface area is 124 Å². The summed E-state index contributed by atoms with van der Waals surface area (Å²) in [6.07, 6.45) is 3.52. The Morgan fingerprint density at radius 2 is 2.10 bits per heavy atom. The van der Waals surface area contributed by atoms with Gasteiger partial charge in [-0.05, 0) is 38.4 Å². The molecule has 1 fully saturated rings. The van der Waals surface area contributed by atoms with Gasteiger partial charge in [-0.25, -0.2) is 0 Å². The van der Waals surface area contributed by atoms with Crippen molar-refractivity contribution in [1.82, 2.24) is 15.1 Å². The molecular formula is C15H21N3O3. The third-order valence-corrected chi connectivity index (χ3v) is 3.58. The molecule has 114 valence electrons. The highest BCUT2D eigenvalue weighted by molar-refractivity contribution is 5.10. The molecule has 6 heteroatoms. The molecule has 0 unspecified atom stereocenters. The first kappa shape index (κ1) is 14.3. The molecule has 21 heavy (non-hydrogen) atoms. The standard InChI is InChI=1S/C15H21N3O3/c1-11-16-17-15(20-11)10-18(2)9-12-6-7-14(21-12)13-5-3-4-8-19-13/h6-7,13H,3-5,8-10H2,1-2H3/t13-/m1/s1. The molecule has 0 aliphatic carbocycles. The summed E-state index contributed by atoms with van der Waals surface area (Å²) < 4.78 is 17.0. The number of hydrogen-bond donors (Lipinski definition) is 0. The Morgan fingerprint density at radius 1 is 1.19 bits per heavy atom. The summed E-state index contributed by atoms with van der Waals surface area (Å²) in [5, 5.41) is 7.83. The Kier molecular flexibility index (Phi) is 4.36. The SMILES string of the molecule is Cc1nnc(CN(C)Cc2ccc([C@H]3CCCCO3)o2)o1. The second-order valence-electron chi connectivity index (χ2n) is 5.55. The summed E-state index contributed by atoms with van der Waals surface area (Å²) in [4.78, 5) is 2.08. The van der Waals surface area contributed by atoms with Gasteiger partial charge in [-0.1, -0.05) is 0 Å². The molecule has 2 aromatic heterocycles. The van der Waals surface area contributed by atoms with Crippen molar-refractivity contribution in [3.05, 3.63) is 35.4 Å². The lowest BCUT2D eigenvalue weighted by Gasteiger charge is -2.20. The molecule has 6 nitrogen and oxygen atoms in total. The Morgan fingerprint density at radius 3 is 2.81 bits per heavy atom. The minimum atomic E-state index is 0.122. The van der Waals surface area contributed by atoms with Crippen molar-refractivity contribution in [1.29, 1.82) is 0 Å². The van der Waals surface area contributed by atoms with Gasteiger partial charge in [-0.2, -0.15) is 0 Å². The van der Waals surface area contributed by atoms with E-state index in [-0.39, 0.29) is 6.10 Å². The molecule has 0 spiro atoms. The summed E-state index contributed by atoms with van der Waals surface area (Å²) >= 11 is 0. The van der Waals surface area contributed by atoms with E-state index in [1.165, 1.54) is 6.42 Å². The highest BCUT2D eigenvalue weighted by Gasteiger charge is 2.19. The number of nitrogens with zero attached hydrogens (tertiary/aromatic N) is 3. The van der Waals surface area contributed by atoms with Gasteiger partial charge in [-0.3, -0.25) is 4.90 Å². The number of ether oxygens (including phenoxy) is 1. The van der Waals surface area contributed by atoms with E-state index in [0.29, 0.717) is 24.9 Å². The fraction of sp³-hybridized carbons (Fsp3) is 0.600. The fourth-order valence-electron chi connectivity index (χ4n) is 2.57. The Bertz CT molecular complexity index is 572. The molecule has 1 atom stereocenters. The number of furan rings is 1. The van der Waals surface area contributed by atoms with Crippen LogP contribution in [-0.2, 0) is 17.8 Å². The van der Waals surface area contributed by atoms with Crippen LogP contribution in [0.25, 0.3) is 0 Å². The molecule has 3 rings (SSSR count). The predicted molar refractivity (Wildman–Crippen MR) is 75.5 cm³/mol. The monoisotopic (exact) mass is 291 g/mol. The molecule has 2 aromatic rings. The summed E-state index contributed by atoms with van der Waals surface area (Å²) in [6, 6.07) is 4.04. The number of aromatic nitrogens is 2. The largest absolute Gasteiger partial charge is 0.462 e. The van der Waals surface area contributed by atoms with Crippen molar-refractivity contribution in [3.63, 3.8) is 0 Å². The molecule has 0 radical (unpaired) electrons. The van der Waals surface area contributed by atoms with E-state index in [1.54, 1.807) is 6.92 Å². The van der Waals surface area contributed by atoms with Gasteiger partial charge in [0, 0.05) is 13.5 Å². The van der Waals surface area contributed by atoms with E-state index in [1.807, 2.05) is 19.2 Å². The van der Waals surface area contributed by atoms with Crippen LogP contribution >= 0.6 is 0 Å². The third-order valence-electron chi connectivity index (χ3n) is 3.58. The maximum Gasteiger partial charge on any atom is 0.230 e. The smallest absolute Gasteiger partial charge is 0.230 e.